The fraction of sp³-hybridized carbons (Fsp3) is 0.0455. The zero-order valence-electron chi connectivity index (χ0n) is 14.5. The van der Waals surface area contributed by atoms with Crippen molar-refractivity contribution in [1.82, 2.24) is 4.90 Å². The van der Waals surface area contributed by atoms with Gasteiger partial charge in [-0.1, -0.05) is 48.0 Å². The van der Waals surface area contributed by atoms with Gasteiger partial charge in [-0.25, -0.2) is 4.79 Å². The van der Waals surface area contributed by atoms with Gasteiger partial charge in [-0.3, -0.25) is 14.5 Å². The lowest BCUT2D eigenvalue weighted by atomic mass is 9.96. The van der Waals surface area contributed by atoms with Gasteiger partial charge in [0, 0.05) is 5.02 Å². The Morgan fingerprint density at radius 3 is 1.71 bits per heavy atom. The monoisotopic (exact) mass is 391 g/mol. The predicted molar refractivity (Wildman–Crippen MR) is 104 cm³/mol. The van der Waals surface area contributed by atoms with E-state index in [1.54, 1.807) is 60.7 Å². The largest absolute Gasteiger partial charge is 0.478 e. The zero-order chi connectivity index (χ0) is 19.8. The topological polar surface area (TPSA) is 74.7 Å². The average molecular weight is 392 g/mol. The highest BCUT2D eigenvalue weighted by atomic mass is 35.5. The Morgan fingerprint density at radius 1 is 0.786 bits per heavy atom. The van der Waals surface area contributed by atoms with E-state index in [2.05, 4.69) is 0 Å². The summed E-state index contributed by atoms with van der Waals surface area (Å²) in [5, 5.41) is 9.68. The van der Waals surface area contributed by atoms with Crippen LogP contribution < -0.4 is 0 Å². The van der Waals surface area contributed by atoms with Crippen LogP contribution in [0.15, 0.2) is 72.8 Å². The number of fused-ring (bicyclic) bond motifs is 1. The Labute approximate surface area is 165 Å². The molecule has 6 heteroatoms. The van der Waals surface area contributed by atoms with Crippen LogP contribution in [0.5, 0.6) is 0 Å². The molecule has 1 unspecified atom stereocenters. The van der Waals surface area contributed by atoms with Crippen molar-refractivity contribution < 1.29 is 19.5 Å². The highest BCUT2D eigenvalue weighted by Gasteiger charge is 2.41. The van der Waals surface area contributed by atoms with Crippen LogP contribution in [0.4, 0.5) is 0 Å². The van der Waals surface area contributed by atoms with Gasteiger partial charge in [-0.2, -0.15) is 0 Å². The van der Waals surface area contributed by atoms with Crippen LogP contribution in [0.1, 0.15) is 48.2 Å². The molecule has 1 heterocycles. The van der Waals surface area contributed by atoms with Gasteiger partial charge in [0.1, 0.15) is 0 Å². The quantitative estimate of drug-likeness (QED) is 0.668. The van der Waals surface area contributed by atoms with Crippen molar-refractivity contribution in [2.75, 3.05) is 0 Å². The molecule has 0 saturated carbocycles. The molecule has 4 rings (SSSR count). The number of rotatable bonds is 4. The molecule has 28 heavy (non-hydrogen) atoms. The number of halogens is 1. The molecule has 1 aliphatic rings. The summed E-state index contributed by atoms with van der Waals surface area (Å²) in [4.78, 5) is 38.4. The zero-order valence-corrected chi connectivity index (χ0v) is 15.3. The molecule has 0 aliphatic carbocycles. The molecule has 0 radical (unpaired) electrons. The molecule has 0 aromatic heterocycles. The minimum atomic E-state index is -1.05. The second-order valence-corrected chi connectivity index (χ2v) is 6.84. The number of amides is 2. The first-order valence-electron chi connectivity index (χ1n) is 8.53. The Hall–Kier alpha value is -3.44. The molecule has 0 bridgehead atoms. The summed E-state index contributed by atoms with van der Waals surface area (Å²) in [6.45, 7) is 0. The first kappa shape index (κ1) is 17.9. The molecule has 3 aromatic rings. The first-order chi connectivity index (χ1) is 13.5. The smallest absolute Gasteiger partial charge is 0.335 e. The van der Waals surface area contributed by atoms with E-state index in [0.717, 1.165) is 0 Å². The third-order valence-electron chi connectivity index (χ3n) is 4.74. The van der Waals surface area contributed by atoms with E-state index in [-0.39, 0.29) is 17.4 Å². The predicted octanol–water partition coefficient (Wildman–Crippen LogP) is 4.42. The molecular weight excluding hydrogens is 378 g/mol. The molecule has 0 spiro atoms. The number of carboxylic acids is 1. The number of carbonyl (C=O) groups excluding carboxylic acids is 2. The van der Waals surface area contributed by atoms with E-state index in [9.17, 15) is 14.4 Å². The Morgan fingerprint density at radius 2 is 1.25 bits per heavy atom. The molecule has 3 aromatic carbocycles. The van der Waals surface area contributed by atoms with Crippen molar-refractivity contribution in [2.45, 2.75) is 6.04 Å². The third-order valence-corrected chi connectivity index (χ3v) is 4.99. The first-order valence-corrected chi connectivity index (χ1v) is 8.91. The molecule has 1 N–H and O–H groups in total. The molecule has 1 atom stereocenters. The molecule has 2 amide bonds. The second kappa shape index (κ2) is 6.94. The lowest BCUT2D eigenvalue weighted by Crippen LogP contribution is -2.34. The maximum atomic E-state index is 13.0. The fourth-order valence-electron chi connectivity index (χ4n) is 3.39. The van der Waals surface area contributed by atoms with Crippen LogP contribution in [-0.4, -0.2) is 27.8 Å². The second-order valence-electron chi connectivity index (χ2n) is 6.41. The van der Waals surface area contributed by atoms with Crippen molar-refractivity contribution >= 4 is 29.4 Å². The van der Waals surface area contributed by atoms with E-state index < -0.39 is 12.0 Å². The minimum Gasteiger partial charge on any atom is -0.478 e. The van der Waals surface area contributed by atoms with Crippen molar-refractivity contribution in [3.05, 3.63) is 106 Å². The molecule has 138 valence electrons. The Balaban J connectivity index is 1.84. The third kappa shape index (κ3) is 2.96. The number of nitrogens with zero attached hydrogens (tertiary/aromatic N) is 1. The van der Waals surface area contributed by atoms with Gasteiger partial charge in [0.15, 0.2) is 0 Å². The van der Waals surface area contributed by atoms with Crippen LogP contribution in [0.2, 0.25) is 5.02 Å². The number of carbonyl (C=O) groups is 3. The summed E-state index contributed by atoms with van der Waals surface area (Å²) in [6.07, 6.45) is 0. The number of imide groups is 1. The number of aromatic carboxylic acids is 1. The fourth-order valence-corrected chi connectivity index (χ4v) is 3.51. The van der Waals surface area contributed by atoms with Crippen molar-refractivity contribution in [3.8, 4) is 0 Å². The molecule has 0 fully saturated rings. The maximum Gasteiger partial charge on any atom is 0.335 e. The summed E-state index contributed by atoms with van der Waals surface area (Å²) >= 11 is 6.00. The Kier molecular flexibility index (Phi) is 4.45. The summed E-state index contributed by atoms with van der Waals surface area (Å²) in [5.74, 6) is -1.82. The van der Waals surface area contributed by atoms with Crippen LogP contribution >= 0.6 is 11.6 Å². The van der Waals surface area contributed by atoms with Crippen molar-refractivity contribution in [2.24, 2.45) is 0 Å². The van der Waals surface area contributed by atoms with Gasteiger partial charge in [0.25, 0.3) is 11.8 Å². The van der Waals surface area contributed by atoms with Gasteiger partial charge in [0.2, 0.25) is 0 Å². The average Bonchev–Trinajstić information content (AvgIpc) is 2.95. The van der Waals surface area contributed by atoms with E-state index in [0.29, 0.717) is 27.3 Å². The van der Waals surface area contributed by atoms with Gasteiger partial charge in [0.05, 0.1) is 22.7 Å². The minimum absolute atomic E-state index is 0.126. The molecule has 1 aliphatic heterocycles. The van der Waals surface area contributed by atoms with Crippen molar-refractivity contribution in [1.29, 1.82) is 0 Å². The van der Waals surface area contributed by atoms with Gasteiger partial charge in [-0.05, 0) is 47.5 Å². The van der Waals surface area contributed by atoms with Crippen LogP contribution in [0, 0.1) is 0 Å². The van der Waals surface area contributed by atoms with Gasteiger partial charge < -0.3 is 5.11 Å². The van der Waals surface area contributed by atoms with Crippen LogP contribution in [-0.2, 0) is 0 Å². The normalized spacial score (nSPS) is 14.1. The maximum absolute atomic E-state index is 13.0. The van der Waals surface area contributed by atoms with Crippen LogP contribution in [0.3, 0.4) is 0 Å². The number of hydrogen-bond acceptors (Lipinski definition) is 3. The highest BCUT2D eigenvalue weighted by Crippen LogP contribution is 2.36. The van der Waals surface area contributed by atoms with E-state index >= 15 is 0 Å². The van der Waals surface area contributed by atoms with E-state index in [1.165, 1.54) is 17.0 Å². The van der Waals surface area contributed by atoms with Gasteiger partial charge >= 0.3 is 5.97 Å². The lowest BCUT2D eigenvalue weighted by molar-refractivity contribution is 0.0606. The lowest BCUT2D eigenvalue weighted by Gasteiger charge is -2.27. The summed E-state index contributed by atoms with van der Waals surface area (Å²) in [5.41, 5.74) is 2.16. The highest BCUT2D eigenvalue weighted by molar-refractivity contribution is 6.30. The summed E-state index contributed by atoms with van der Waals surface area (Å²) < 4.78 is 0. The standard InChI is InChI=1S/C22H14ClNO4/c23-16-11-9-14(10-12-16)19(13-5-7-15(8-6-13)22(27)28)24-20(25)17-3-1-2-4-18(17)21(24)26/h1-12,19H,(H,27,28). The molecular formula is C22H14ClNO4. The summed E-state index contributed by atoms with van der Waals surface area (Å²) in [6, 6.07) is 19.0. The molecule has 0 saturated heterocycles. The van der Waals surface area contributed by atoms with Crippen LogP contribution in [0.25, 0.3) is 0 Å². The SMILES string of the molecule is O=C(O)c1ccc(C(c2ccc(Cl)cc2)N2C(=O)c3ccccc3C2=O)cc1. The number of hydrogen-bond donors (Lipinski definition) is 1. The number of benzene rings is 3. The Bertz CT molecular complexity index is 1060. The number of carboxylic acid groups (broad SMARTS) is 1. The summed E-state index contributed by atoms with van der Waals surface area (Å²) in [7, 11) is 0. The van der Waals surface area contributed by atoms with Crippen molar-refractivity contribution in [3.63, 3.8) is 0 Å². The van der Waals surface area contributed by atoms with E-state index in [1.807, 2.05) is 0 Å². The molecule has 5 nitrogen and oxygen atoms in total. The van der Waals surface area contributed by atoms with Gasteiger partial charge in [-0.15, -0.1) is 0 Å². The van der Waals surface area contributed by atoms with E-state index in [4.69, 9.17) is 16.7 Å².